The van der Waals surface area contributed by atoms with Crippen LogP contribution in [0.25, 0.3) is 0 Å². The molecule has 1 amide bonds. The molecular weight excluding hydrogens is 333 g/mol. The predicted molar refractivity (Wildman–Crippen MR) is 90.8 cm³/mol. The van der Waals surface area contributed by atoms with Gasteiger partial charge in [0.05, 0.1) is 17.3 Å². The number of carbonyl (C=O) groups is 1. The zero-order valence-electron chi connectivity index (χ0n) is 12.0. The summed E-state index contributed by atoms with van der Waals surface area (Å²) in [6.45, 7) is 6.32. The molecule has 7 heteroatoms. The van der Waals surface area contributed by atoms with Crippen LogP contribution in [0, 0.1) is 0 Å². The third-order valence-electron chi connectivity index (χ3n) is 3.20. The molecule has 1 aliphatic heterocycles. The minimum Gasteiger partial charge on any atom is -0.324 e. The molecule has 21 heavy (non-hydrogen) atoms. The van der Waals surface area contributed by atoms with Gasteiger partial charge in [0.25, 0.3) is 0 Å². The molecule has 0 aliphatic carbocycles. The molecular formula is C14H20Cl3N3O. The van der Waals surface area contributed by atoms with E-state index < -0.39 is 0 Å². The second-order valence-electron chi connectivity index (χ2n) is 5.34. The first-order valence-electron chi connectivity index (χ1n) is 6.67. The van der Waals surface area contributed by atoms with E-state index in [1.165, 1.54) is 0 Å². The molecule has 0 saturated carbocycles. The highest BCUT2D eigenvalue weighted by Gasteiger charge is 2.22. The van der Waals surface area contributed by atoms with Gasteiger partial charge in [-0.3, -0.25) is 9.69 Å². The summed E-state index contributed by atoms with van der Waals surface area (Å²) in [5.41, 5.74) is 0.556. The van der Waals surface area contributed by atoms with E-state index in [1.54, 1.807) is 18.2 Å². The van der Waals surface area contributed by atoms with E-state index in [0.29, 0.717) is 34.4 Å². The number of nitrogens with one attached hydrogen (secondary N) is 2. The first kappa shape index (κ1) is 18.5. The highest BCUT2D eigenvalue weighted by molar-refractivity contribution is 6.35. The Hall–Kier alpha value is -0.520. The maximum atomic E-state index is 12.1. The van der Waals surface area contributed by atoms with Gasteiger partial charge in [0.1, 0.15) is 0 Å². The molecule has 1 heterocycles. The van der Waals surface area contributed by atoms with Crippen LogP contribution in [0.5, 0.6) is 0 Å². The van der Waals surface area contributed by atoms with Gasteiger partial charge in [-0.05, 0) is 32.0 Å². The second-order valence-corrected chi connectivity index (χ2v) is 6.18. The van der Waals surface area contributed by atoms with Crippen molar-refractivity contribution >= 4 is 47.2 Å². The van der Waals surface area contributed by atoms with Crippen molar-refractivity contribution in [1.82, 2.24) is 10.2 Å². The fourth-order valence-corrected chi connectivity index (χ4v) is 2.89. The molecule has 0 radical (unpaired) electrons. The molecule has 1 aromatic rings. The molecule has 1 aromatic carbocycles. The molecule has 0 bridgehead atoms. The smallest absolute Gasteiger partial charge is 0.238 e. The number of hydrogen-bond acceptors (Lipinski definition) is 3. The molecule has 118 valence electrons. The highest BCUT2D eigenvalue weighted by atomic mass is 35.5. The molecule has 2 atom stereocenters. The summed E-state index contributed by atoms with van der Waals surface area (Å²) < 4.78 is 0. The Morgan fingerprint density at radius 3 is 2.57 bits per heavy atom. The van der Waals surface area contributed by atoms with Crippen LogP contribution < -0.4 is 10.6 Å². The number of rotatable bonds is 3. The molecule has 2 rings (SSSR count). The number of benzene rings is 1. The summed E-state index contributed by atoms with van der Waals surface area (Å²) in [6, 6.07) is 5.81. The fourth-order valence-electron chi connectivity index (χ4n) is 2.56. The first-order valence-corrected chi connectivity index (χ1v) is 7.43. The Labute approximate surface area is 141 Å². The van der Waals surface area contributed by atoms with Crippen molar-refractivity contribution in [2.24, 2.45) is 0 Å². The van der Waals surface area contributed by atoms with E-state index in [4.69, 9.17) is 23.2 Å². The lowest BCUT2D eigenvalue weighted by Gasteiger charge is -2.35. The summed E-state index contributed by atoms with van der Waals surface area (Å²) in [5, 5.41) is 7.29. The Kier molecular flexibility index (Phi) is 7.24. The van der Waals surface area contributed by atoms with Crippen LogP contribution in [0.1, 0.15) is 13.8 Å². The standard InChI is InChI=1S/C14H19Cl2N3O.ClH/c1-9-6-19(7-10(2)17-9)8-14(20)18-13-5-11(15)3-4-12(13)16;/h3-5,9-10,17H,6-8H2,1-2H3,(H,18,20);1H. The molecule has 0 aromatic heterocycles. The molecule has 2 N–H and O–H groups in total. The van der Waals surface area contributed by atoms with Crippen molar-refractivity contribution in [2.45, 2.75) is 25.9 Å². The number of nitrogens with zero attached hydrogens (tertiary/aromatic N) is 1. The van der Waals surface area contributed by atoms with Gasteiger partial charge in [0, 0.05) is 30.2 Å². The van der Waals surface area contributed by atoms with Crippen molar-refractivity contribution in [3.8, 4) is 0 Å². The van der Waals surface area contributed by atoms with Crippen LogP contribution >= 0.6 is 35.6 Å². The number of piperazine rings is 1. The summed E-state index contributed by atoms with van der Waals surface area (Å²) in [4.78, 5) is 14.2. The number of hydrogen-bond donors (Lipinski definition) is 2. The lowest BCUT2D eigenvalue weighted by molar-refractivity contribution is -0.117. The third-order valence-corrected chi connectivity index (χ3v) is 3.77. The van der Waals surface area contributed by atoms with Crippen LogP contribution in [-0.4, -0.2) is 42.5 Å². The highest BCUT2D eigenvalue weighted by Crippen LogP contribution is 2.25. The van der Waals surface area contributed by atoms with E-state index in [1.807, 2.05) is 0 Å². The van der Waals surface area contributed by atoms with Gasteiger partial charge < -0.3 is 10.6 Å². The van der Waals surface area contributed by atoms with Crippen molar-refractivity contribution in [1.29, 1.82) is 0 Å². The van der Waals surface area contributed by atoms with E-state index in [2.05, 4.69) is 29.4 Å². The fraction of sp³-hybridized carbons (Fsp3) is 0.500. The van der Waals surface area contributed by atoms with Gasteiger partial charge in [0.15, 0.2) is 0 Å². The van der Waals surface area contributed by atoms with Crippen LogP contribution in [0.3, 0.4) is 0 Å². The van der Waals surface area contributed by atoms with Gasteiger partial charge in [-0.2, -0.15) is 0 Å². The Morgan fingerprint density at radius 1 is 1.33 bits per heavy atom. The summed E-state index contributed by atoms with van der Waals surface area (Å²) in [5.74, 6) is -0.0736. The Morgan fingerprint density at radius 2 is 1.95 bits per heavy atom. The molecule has 1 saturated heterocycles. The Balaban J connectivity index is 0.00000220. The third kappa shape index (κ3) is 5.64. The minimum absolute atomic E-state index is 0. The number of halogens is 3. The van der Waals surface area contributed by atoms with Gasteiger partial charge in [-0.25, -0.2) is 0 Å². The van der Waals surface area contributed by atoms with Crippen LogP contribution in [-0.2, 0) is 4.79 Å². The lowest BCUT2D eigenvalue weighted by atomic mass is 10.1. The van der Waals surface area contributed by atoms with Crippen molar-refractivity contribution in [3.05, 3.63) is 28.2 Å². The largest absolute Gasteiger partial charge is 0.324 e. The molecule has 0 spiro atoms. The zero-order valence-corrected chi connectivity index (χ0v) is 14.4. The Bertz CT molecular complexity index is 488. The summed E-state index contributed by atoms with van der Waals surface area (Å²) >= 11 is 11.9. The van der Waals surface area contributed by atoms with Crippen LogP contribution in [0.4, 0.5) is 5.69 Å². The molecule has 4 nitrogen and oxygen atoms in total. The van der Waals surface area contributed by atoms with E-state index in [-0.39, 0.29) is 18.3 Å². The lowest BCUT2D eigenvalue weighted by Crippen LogP contribution is -2.55. The zero-order chi connectivity index (χ0) is 14.7. The molecule has 2 unspecified atom stereocenters. The summed E-state index contributed by atoms with van der Waals surface area (Å²) in [6.07, 6.45) is 0. The van der Waals surface area contributed by atoms with Crippen LogP contribution in [0.15, 0.2) is 18.2 Å². The number of anilines is 1. The molecule has 1 aliphatic rings. The van der Waals surface area contributed by atoms with Gasteiger partial charge >= 0.3 is 0 Å². The number of carbonyl (C=O) groups excluding carboxylic acids is 1. The quantitative estimate of drug-likeness (QED) is 0.879. The van der Waals surface area contributed by atoms with Gasteiger partial charge in [0.2, 0.25) is 5.91 Å². The number of amides is 1. The maximum Gasteiger partial charge on any atom is 0.238 e. The predicted octanol–water partition coefficient (Wildman–Crippen LogP) is 3.04. The first-order chi connectivity index (χ1) is 9.44. The average molecular weight is 353 g/mol. The van der Waals surface area contributed by atoms with Gasteiger partial charge in [-0.1, -0.05) is 23.2 Å². The van der Waals surface area contributed by atoms with Gasteiger partial charge in [-0.15, -0.1) is 12.4 Å². The van der Waals surface area contributed by atoms with Crippen molar-refractivity contribution < 1.29 is 4.79 Å². The maximum absolute atomic E-state index is 12.1. The topological polar surface area (TPSA) is 44.4 Å². The van der Waals surface area contributed by atoms with E-state index >= 15 is 0 Å². The average Bonchev–Trinajstić information content (AvgIpc) is 2.32. The summed E-state index contributed by atoms with van der Waals surface area (Å²) in [7, 11) is 0. The van der Waals surface area contributed by atoms with Crippen LogP contribution in [0.2, 0.25) is 10.0 Å². The van der Waals surface area contributed by atoms with Crippen molar-refractivity contribution in [3.63, 3.8) is 0 Å². The van der Waals surface area contributed by atoms with E-state index in [9.17, 15) is 4.79 Å². The monoisotopic (exact) mass is 351 g/mol. The molecule has 1 fully saturated rings. The SMILES string of the molecule is CC1CN(CC(=O)Nc2cc(Cl)ccc2Cl)CC(C)N1.Cl. The van der Waals surface area contributed by atoms with Crippen molar-refractivity contribution in [2.75, 3.05) is 25.0 Å². The normalized spacial score (nSPS) is 22.5. The minimum atomic E-state index is -0.0736. The second kappa shape index (κ2) is 8.20. The van der Waals surface area contributed by atoms with E-state index in [0.717, 1.165) is 13.1 Å².